The summed E-state index contributed by atoms with van der Waals surface area (Å²) in [6, 6.07) is 0.258. The lowest BCUT2D eigenvalue weighted by atomic mass is 10.0. The molecule has 0 spiro atoms. The zero-order valence-electron chi connectivity index (χ0n) is 10.5. The Balaban J connectivity index is 2.28. The smallest absolute Gasteiger partial charge is 0.222 e. The van der Waals surface area contributed by atoms with Gasteiger partial charge in [0.2, 0.25) is 5.91 Å². The van der Waals surface area contributed by atoms with Gasteiger partial charge in [0, 0.05) is 25.0 Å². The van der Waals surface area contributed by atoms with Crippen molar-refractivity contribution in [1.82, 2.24) is 10.2 Å². The standard InChI is InChI=1S/C11H22N4O2/c1-8(2)11(16)13-9-3-5-15(6-4-9)7-10(12)14-17/h8-9,17H,3-7H2,1-2H3,(H2,12,14)(H,13,16). The minimum Gasteiger partial charge on any atom is -0.409 e. The highest BCUT2D eigenvalue weighted by atomic mass is 16.4. The quantitative estimate of drug-likeness (QED) is 0.279. The predicted octanol–water partition coefficient (Wildman–Crippen LogP) is -0.0306. The maximum Gasteiger partial charge on any atom is 0.222 e. The fourth-order valence-electron chi connectivity index (χ4n) is 1.86. The zero-order chi connectivity index (χ0) is 12.8. The monoisotopic (exact) mass is 242 g/mol. The predicted molar refractivity (Wildman–Crippen MR) is 65.9 cm³/mol. The summed E-state index contributed by atoms with van der Waals surface area (Å²) in [6.07, 6.45) is 1.83. The molecule has 0 atom stereocenters. The Labute approximate surface area is 102 Å². The Morgan fingerprint density at radius 1 is 1.53 bits per heavy atom. The van der Waals surface area contributed by atoms with E-state index in [0.29, 0.717) is 6.54 Å². The van der Waals surface area contributed by atoms with Crippen LogP contribution in [0.1, 0.15) is 26.7 Å². The molecule has 1 amide bonds. The molecule has 1 aliphatic rings. The SMILES string of the molecule is CC(C)C(=O)NC1CCN(CC(N)=NO)CC1. The van der Waals surface area contributed by atoms with Crippen LogP contribution in [0, 0.1) is 5.92 Å². The van der Waals surface area contributed by atoms with Crippen molar-refractivity contribution >= 4 is 11.7 Å². The lowest BCUT2D eigenvalue weighted by Gasteiger charge is -2.32. The van der Waals surface area contributed by atoms with Crippen LogP contribution in [0.15, 0.2) is 5.16 Å². The van der Waals surface area contributed by atoms with Crippen LogP contribution in [0.4, 0.5) is 0 Å². The molecule has 0 aromatic rings. The van der Waals surface area contributed by atoms with Crippen molar-refractivity contribution in [2.24, 2.45) is 16.8 Å². The topological polar surface area (TPSA) is 91.0 Å². The van der Waals surface area contributed by atoms with Gasteiger partial charge in [-0.1, -0.05) is 19.0 Å². The van der Waals surface area contributed by atoms with E-state index in [4.69, 9.17) is 10.9 Å². The van der Waals surface area contributed by atoms with E-state index < -0.39 is 0 Å². The summed E-state index contributed by atoms with van der Waals surface area (Å²) in [5.41, 5.74) is 5.45. The highest BCUT2D eigenvalue weighted by molar-refractivity contribution is 5.81. The van der Waals surface area contributed by atoms with Crippen molar-refractivity contribution in [2.75, 3.05) is 19.6 Å². The number of amidine groups is 1. The summed E-state index contributed by atoms with van der Waals surface area (Å²) in [5, 5.41) is 14.5. The molecule has 1 fully saturated rings. The minimum absolute atomic E-state index is 0.0326. The van der Waals surface area contributed by atoms with Crippen molar-refractivity contribution in [3.8, 4) is 0 Å². The number of likely N-dealkylation sites (tertiary alicyclic amines) is 1. The molecule has 98 valence electrons. The number of oxime groups is 1. The van der Waals surface area contributed by atoms with Crippen molar-refractivity contribution in [2.45, 2.75) is 32.7 Å². The van der Waals surface area contributed by atoms with Crippen LogP contribution >= 0.6 is 0 Å². The van der Waals surface area contributed by atoms with E-state index in [9.17, 15) is 4.79 Å². The van der Waals surface area contributed by atoms with Crippen LogP contribution in [0.5, 0.6) is 0 Å². The van der Waals surface area contributed by atoms with E-state index in [2.05, 4.69) is 15.4 Å². The Morgan fingerprint density at radius 3 is 2.59 bits per heavy atom. The number of carbonyl (C=O) groups is 1. The molecule has 0 aliphatic carbocycles. The molecule has 1 heterocycles. The molecular weight excluding hydrogens is 220 g/mol. The van der Waals surface area contributed by atoms with E-state index in [1.807, 2.05) is 13.8 Å². The average molecular weight is 242 g/mol. The van der Waals surface area contributed by atoms with Crippen molar-refractivity contribution < 1.29 is 10.0 Å². The van der Waals surface area contributed by atoms with Crippen LogP contribution in [0.2, 0.25) is 0 Å². The number of nitrogens with two attached hydrogens (primary N) is 1. The van der Waals surface area contributed by atoms with Crippen LogP contribution in [-0.2, 0) is 4.79 Å². The first-order chi connectivity index (χ1) is 8.02. The first-order valence-electron chi connectivity index (χ1n) is 6.02. The summed E-state index contributed by atoms with van der Waals surface area (Å²) >= 11 is 0. The van der Waals surface area contributed by atoms with Gasteiger partial charge in [-0.2, -0.15) is 0 Å². The van der Waals surface area contributed by atoms with Crippen LogP contribution in [0.25, 0.3) is 0 Å². The average Bonchev–Trinajstić information content (AvgIpc) is 2.31. The maximum atomic E-state index is 11.5. The number of hydrogen-bond acceptors (Lipinski definition) is 4. The van der Waals surface area contributed by atoms with Gasteiger partial charge in [-0.3, -0.25) is 9.69 Å². The number of piperidine rings is 1. The van der Waals surface area contributed by atoms with E-state index in [0.717, 1.165) is 25.9 Å². The lowest BCUT2D eigenvalue weighted by Crippen LogP contribution is -2.47. The molecule has 1 aliphatic heterocycles. The number of nitrogens with zero attached hydrogens (tertiary/aromatic N) is 2. The molecule has 6 heteroatoms. The van der Waals surface area contributed by atoms with Gasteiger partial charge in [-0.05, 0) is 12.8 Å². The van der Waals surface area contributed by atoms with Crippen molar-refractivity contribution in [3.05, 3.63) is 0 Å². The summed E-state index contributed by atoms with van der Waals surface area (Å²) < 4.78 is 0. The molecule has 0 bridgehead atoms. The molecule has 4 N–H and O–H groups in total. The second kappa shape index (κ2) is 6.44. The van der Waals surface area contributed by atoms with Crippen LogP contribution in [0.3, 0.4) is 0 Å². The fraction of sp³-hybridized carbons (Fsp3) is 0.818. The van der Waals surface area contributed by atoms with Gasteiger partial charge in [0.25, 0.3) is 0 Å². The molecule has 0 aromatic heterocycles. The molecule has 0 unspecified atom stereocenters. The molecule has 1 rings (SSSR count). The Bertz CT molecular complexity index is 283. The summed E-state index contributed by atoms with van der Waals surface area (Å²) in [4.78, 5) is 13.6. The van der Waals surface area contributed by atoms with E-state index in [1.54, 1.807) is 0 Å². The maximum absolute atomic E-state index is 11.5. The fourth-order valence-corrected chi connectivity index (χ4v) is 1.86. The third-order valence-corrected chi connectivity index (χ3v) is 2.97. The first-order valence-corrected chi connectivity index (χ1v) is 6.02. The van der Waals surface area contributed by atoms with Crippen molar-refractivity contribution in [3.63, 3.8) is 0 Å². The lowest BCUT2D eigenvalue weighted by molar-refractivity contribution is -0.125. The first kappa shape index (κ1) is 13.8. The Morgan fingerprint density at radius 2 is 2.12 bits per heavy atom. The molecule has 17 heavy (non-hydrogen) atoms. The highest BCUT2D eigenvalue weighted by Crippen LogP contribution is 2.10. The van der Waals surface area contributed by atoms with Gasteiger partial charge in [0.1, 0.15) is 0 Å². The molecule has 0 saturated carbocycles. The number of amides is 1. The molecule has 6 nitrogen and oxygen atoms in total. The summed E-state index contributed by atoms with van der Waals surface area (Å²) in [5.74, 6) is 0.375. The number of hydrogen-bond donors (Lipinski definition) is 3. The Hall–Kier alpha value is -1.30. The zero-order valence-corrected chi connectivity index (χ0v) is 10.5. The molecular formula is C11H22N4O2. The third kappa shape index (κ3) is 4.60. The van der Waals surface area contributed by atoms with Gasteiger partial charge >= 0.3 is 0 Å². The van der Waals surface area contributed by atoms with Gasteiger partial charge in [0.05, 0.1) is 6.54 Å². The van der Waals surface area contributed by atoms with E-state index in [-0.39, 0.29) is 23.7 Å². The van der Waals surface area contributed by atoms with Gasteiger partial charge < -0.3 is 16.3 Å². The van der Waals surface area contributed by atoms with Crippen molar-refractivity contribution in [1.29, 1.82) is 0 Å². The molecule has 0 aromatic carbocycles. The second-order valence-electron chi connectivity index (χ2n) is 4.81. The van der Waals surface area contributed by atoms with Crippen LogP contribution < -0.4 is 11.1 Å². The Kier molecular flexibility index (Phi) is 5.21. The number of carbonyl (C=O) groups excluding carboxylic acids is 1. The minimum atomic E-state index is 0.0326. The highest BCUT2D eigenvalue weighted by Gasteiger charge is 2.21. The second-order valence-corrected chi connectivity index (χ2v) is 4.81. The summed E-state index contributed by atoms with van der Waals surface area (Å²) in [7, 11) is 0. The van der Waals surface area contributed by atoms with Gasteiger partial charge in [-0.15, -0.1) is 0 Å². The van der Waals surface area contributed by atoms with E-state index in [1.165, 1.54) is 0 Å². The number of nitrogens with one attached hydrogen (secondary N) is 1. The molecule has 1 saturated heterocycles. The molecule has 0 radical (unpaired) electrons. The van der Waals surface area contributed by atoms with Crippen LogP contribution in [-0.4, -0.2) is 47.5 Å². The van der Waals surface area contributed by atoms with E-state index >= 15 is 0 Å². The summed E-state index contributed by atoms with van der Waals surface area (Å²) in [6.45, 7) is 5.99. The van der Waals surface area contributed by atoms with Gasteiger partial charge in [-0.25, -0.2) is 0 Å². The third-order valence-electron chi connectivity index (χ3n) is 2.97. The number of rotatable bonds is 4. The largest absolute Gasteiger partial charge is 0.409 e. The van der Waals surface area contributed by atoms with Gasteiger partial charge in [0.15, 0.2) is 5.84 Å². The normalized spacial score (nSPS) is 19.6.